The molecule has 0 N–H and O–H groups in total. The Bertz CT molecular complexity index is 398. The van der Waals surface area contributed by atoms with E-state index in [4.69, 9.17) is 16.3 Å². The highest BCUT2D eigenvalue weighted by atomic mass is 35.5. The molecule has 5 heteroatoms. The summed E-state index contributed by atoms with van der Waals surface area (Å²) >= 11 is 8.36. The first-order valence-electron chi connectivity index (χ1n) is 6.82. The van der Waals surface area contributed by atoms with Gasteiger partial charge >= 0.3 is 0 Å². The molecule has 0 amide bonds. The summed E-state index contributed by atoms with van der Waals surface area (Å²) in [5, 5.41) is 5.10. The lowest BCUT2D eigenvalue weighted by atomic mass is 9.98. The third-order valence-electron chi connectivity index (χ3n) is 3.80. The maximum absolute atomic E-state index is 6.39. The van der Waals surface area contributed by atoms with Gasteiger partial charge in [0.1, 0.15) is 0 Å². The third kappa shape index (κ3) is 2.64. The molecule has 18 heavy (non-hydrogen) atoms. The number of rotatable bonds is 3. The van der Waals surface area contributed by atoms with E-state index in [1.807, 2.05) is 16.4 Å². The number of hydrogen-bond donors (Lipinski definition) is 0. The second-order valence-corrected chi connectivity index (χ2v) is 6.65. The highest BCUT2D eigenvalue weighted by molar-refractivity contribution is 7.99. The molecule has 1 aliphatic heterocycles. The number of aromatic nitrogens is 2. The summed E-state index contributed by atoms with van der Waals surface area (Å²) in [6.45, 7) is 0. The molecular weight excluding hydrogens is 268 g/mol. The van der Waals surface area contributed by atoms with E-state index in [9.17, 15) is 0 Å². The van der Waals surface area contributed by atoms with Gasteiger partial charge in [0.2, 0.25) is 0 Å². The predicted molar refractivity (Wildman–Crippen MR) is 75.7 cm³/mol. The maximum atomic E-state index is 6.39. The van der Waals surface area contributed by atoms with Gasteiger partial charge in [-0.25, -0.2) is 4.68 Å². The average molecular weight is 287 g/mol. The molecule has 1 saturated heterocycles. The van der Waals surface area contributed by atoms with Crippen LogP contribution < -0.4 is 4.74 Å². The van der Waals surface area contributed by atoms with Gasteiger partial charge in [-0.1, -0.05) is 18.0 Å². The van der Waals surface area contributed by atoms with Crippen molar-refractivity contribution in [2.75, 3.05) is 11.5 Å². The first-order chi connectivity index (χ1) is 8.84. The molecule has 1 atom stereocenters. The number of halogens is 1. The van der Waals surface area contributed by atoms with Gasteiger partial charge in [0.15, 0.2) is 10.9 Å². The largest absolute Gasteiger partial charge is 0.486 e. The van der Waals surface area contributed by atoms with Crippen molar-refractivity contribution < 1.29 is 4.74 Å². The molecule has 0 bridgehead atoms. The van der Waals surface area contributed by atoms with Crippen LogP contribution in [0, 0.1) is 0 Å². The van der Waals surface area contributed by atoms with Crippen molar-refractivity contribution in [3.8, 4) is 5.75 Å². The summed E-state index contributed by atoms with van der Waals surface area (Å²) in [6.07, 6.45) is 9.49. The summed E-state index contributed by atoms with van der Waals surface area (Å²) in [4.78, 5) is 0. The van der Waals surface area contributed by atoms with Crippen molar-refractivity contribution >= 4 is 23.4 Å². The Hall–Kier alpha value is -0.350. The zero-order chi connectivity index (χ0) is 12.4. The number of hydrogen-bond acceptors (Lipinski definition) is 3. The third-order valence-corrected chi connectivity index (χ3v) is 5.31. The van der Waals surface area contributed by atoms with Gasteiger partial charge in [0, 0.05) is 5.75 Å². The lowest BCUT2D eigenvalue weighted by molar-refractivity contribution is 0.155. The standard InChI is InChI=1S/C13H19ClN2OS/c14-13-12(17-11-4-2-1-3-5-11)8-15-16(13)10-6-7-18-9-10/h8,10-11H,1-7,9H2. The van der Waals surface area contributed by atoms with Crippen LogP contribution >= 0.6 is 23.4 Å². The average Bonchev–Trinajstić information content (AvgIpc) is 3.02. The van der Waals surface area contributed by atoms with Gasteiger partial charge in [-0.15, -0.1) is 0 Å². The molecule has 2 fully saturated rings. The lowest BCUT2D eigenvalue weighted by Crippen LogP contribution is -2.19. The fraction of sp³-hybridized carbons (Fsp3) is 0.769. The molecule has 1 saturated carbocycles. The van der Waals surface area contributed by atoms with Crippen LogP contribution in [0.15, 0.2) is 6.20 Å². The molecule has 0 spiro atoms. The summed E-state index contributed by atoms with van der Waals surface area (Å²) in [7, 11) is 0. The van der Waals surface area contributed by atoms with E-state index in [-0.39, 0.29) is 0 Å². The van der Waals surface area contributed by atoms with Crippen molar-refractivity contribution in [2.45, 2.75) is 50.7 Å². The van der Waals surface area contributed by atoms with Crippen molar-refractivity contribution in [1.82, 2.24) is 9.78 Å². The highest BCUT2D eigenvalue weighted by Crippen LogP contribution is 2.35. The van der Waals surface area contributed by atoms with E-state index in [0.29, 0.717) is 17.3 Å². The summed E-state index contributed by atoms with van der Waals surface area (Å²) in [5.74, 6) is 3.10. The molecule has 1 unspecified atom stereocenters. The Morgan fingerprint density at radius 2 is 2.11 bits per heavy atom. The molecule has 2 aliphatic rings. The van der Waals surface area contributed by atoms with Gasteiger partial charge in [-0.3, -0.25) is 0 Å². The minimum absolute atomic E-state index is 0.340. The summed E-state index contributed by atoms with van der Waals surface area (Å²) < 4.78 is 7.95. The normalized spacial score (nSPS) is 25.5. The predicted octanol–water partition coefficient (Wildman–Crippen LogP) is 3.93. The van der Waals surface area contributed by atoms with Gasteiger partial charge in [-0.05, 0) is 37.9 Å². The van der Waals surface area contributed by atoms with Crippen LogP contribution in [0.25, 0.3) is 0 Å². The second-order valence-electron chi connectivity index (χ2n) is 5.14. The van der Waals surface area contributed by atoms with E-state index < -0.39 is 0 Å². The van der Waals surface area contributed by atoms with Gasteiger partial charge in [0.05, 0.1) is 18.3 Å². The van der Waals surface area contributed by atoms with E-state index in [1.54, 1.807) is 6.20 Å². The van der Waals surface area contributed by atoms with E-state index in [1.165, 1.54) is 25.0 Å². The zero-order valence-corrected chi connectivity index (χ0v) is 12.1. The zero-order valence-electron chi connectivity index (χ0n) is 10.5. The topological polar surface area (TPSA) is 27.1 Å². The number of nitrogens with zero attached hydrogens (tertiary/aromatic N) is 2. The number of thioether (sulfide) groups is 1. The molecule has 0 radical (unpaired) electrons. The lowest BCUT2D eigenvalue weighted by Gasteiger charge is -2.22. The summed E-state index contributed by atoms with van der Waals surface area (Å²) in [6, 6.07) is 0.450. The molecule has 2 heterocycles. The SMILES string of the molecule is Clc1c(OC2CCCCC2)cnn1C1CCSC1. The van der Waals surface area contributed by atoms with Crippen molar-refractivity contribution in [3.05, 3.63) is 11.3 Å². The Balaban J connectivity index is 1.68. The van der Waals surface area contributed by atoms with Crippen LogP contribution in [-0.4, -0.2) is 27.4 Å². The maximum Gasteiger partial charge on any atom is 0.176 e. The van der Waals surface area contributed by atoms with E-state index in [2.05, 4.69) is 5.10 Å². The Morgan fingerprint density at radius 1 is 1.28 bits per heavy atom. The molecule has 1 aliphatic carbocycles. The fourth-order valence-corrected chi connectivity index (χ4v) is 4.20. The Labute approximate surface area is 117 Å². The minimum Gasteiger partial charge on any atom is -0.486 e. The number of ether oxygens (including phenoxy) is 1. The van der Waals surface area contributed by atoms with Gasteiger partial charge in [-0.2, -0.15) is 16.9 Å². The van der Waals surface area contributed by atoms with Crippen LogP contribution in [0.4, 0.5) is 0 Å². The Kier molecular flexibility index (Phi) is 4.04. The molecular formula is C13H19ClN2OS. The molecule has 1 aromatic heterocycles. The smallest absolute Gasteiger partial charge is 0.176 e. The van der Waals surface area contributed by atoms with Crippen molar-refractivity contribution in [2.24, 2.45) is 0 Å². The van der Waals surface area contributed by atoms with Gasteiger partial charge < -0.3 is 4.74 Å². The van der Waals surface area contributed by atoms with Crippen LogP contribution in [0.1, 0.15) is 44.6 Å². The van der Waals surface area contributed by atoms with Crippen LogP contribution in [0.2, 0.25) is 5.15 Å². The molecule has 100 valence electrons. The molecule has 1 aromatic rings. The van der Waals surface area contributed by atoms with Crippen LogP contribution in [0.5, 0.6) is 5.75 Å². The fourth-order valence-electron chi connectivity index (χ4n) is 2.74. The van der Waals surface area contributed by atoms with E-state index >= 15 is 0 Å². The quantitative estimate of drug-likeness (QED) is 0.842. The van der Waals surface area contributed by atoms with Crippen molar-refractivity contribution in [1.29, 1.82) is 0 Å². The highest BCUT2D eigenvalue weighted by Gasteiger charge is 2.24. The van der Waals surface area contributed by atoms with E-state index in [0.717, 1.165) is 30.8 Å². The molecule has 3 rings (SSSR count). The molecule has 3 nitrogen and oxygen atoms in total. The van der Waals surface area contributed by atoms with Crippen LogP contribution in [0.3, 0.4) is 0 Å². The monoisotopic (exact) mass is 286 g/mol. The summed E-state index contributed by atoms with van der Waals surface area (Å²) in [5.41, 5.74) is 0. The first-order valence-corrected chi connectivity index (χ1v) is 8.35. The first kappa shape index (κ1) is 12.7. The second kappa shape index (κ2) is 5.74. The van der Waals surface area contributed by atoms with Crippen molar-refractivity contribution in [3.63, 3.8) is 0 Å². The van der Waals surface area contributed by atoms with Crippen LogP contribution in [-0.2, 0) is 0 Å². The van der Waals surface area contributed by atoms with Gasteiger partial charge in [0.25, 0.3) is 0 Å². The minimum atomic E-state index is 0.340. The molecule has 0 aromatic carbocycles. The Morgan fingerprint density at radius 3 is 2.83 bits per heavy atom.